The molecule has 0 saturated heterocycles. The van der Waals surface area contributed by atoms with Gasteiger partial charge in [0, 0.05) is 34.5 Å². The Balaban J connectivity index is 1.71. The van der Waals surface area contributed by atoms with Crippen molar-refractivity contribution in [3.8, 4) is 0 Å². The summed E-state index contributed by atoms with van der Waals surface area (Å²) in [6.45, 7) is 3.57. The Morgan fingerprint density at radius 1 is 1.37 bits per heavy atom. The van der Waals surface area contributed by atoms with Crippen LogP contribution >= 0.6 is 15.9 Å². The van der Waals surface area contributed by atoms with Crippen LogP contribution < -0.4 is 5.56 Å². The number of aromatic nitrogens is 3. The molecule has 0 amide bonds. The van der Waals surface area contributed by atoms with Gasteiger partial charge in [0.05, 0.1) is 5.69 Å². The van der Waals surface area contributed by atoms with Crippen LogP contribution in [0.2, 0.25) is 0 Å². The zero-order valence-electron chi connectivity index (χ0n) is 15.2. The highest BCUT2D eigenvalue weighted by atomic mass is 79.9. The summed E-state index contributed by atoms with van der Waals surface area (Å²) in [5.41, 5.74) is 2.86. The Kier molecular flexibility index (Phi) is 5.46. The van der Waals surface area contributed by atoms with Crippen LogP contribution in [0.3, 0.4) is 0 Å². The van der Waals surface area contributed by atoms with Crippen LogP contribution in [0, 0.1) is 19.7 Å². The molecule has 0 radical (unpaired) electrons. The number of carbonyl (C=O) groups is 1. The van der Waals surface area contributed by atoms with E-state index < -0.39 is 11.8 Å². The standard InChI is InChI=1S/C19H19BrFN3O3/c1-10-14(19(26)22-18-17(10)11(2)23-24(18)3)5-7-16(25)27-9-12-8-13(20)4-6-15(12)21/h4,6,8H,5,7,9H2,1-3H3,(H,22,26). The number of esters is 1. The fraction of sp³-hybridized carbons (Fsp3) is 0.316. The van der Waals surface area contributed by atoms with Gasteiger partial charge in [-0.05, 0) is 44.0 Å². The van der Waals surface area contributed by atoms with Crippen LogP contribution in [0.25, 0.3) is 11.0 Å². The lowest BCUT2D eigenvalue weighted by Crippen LogP contribution is -2.17. The van der Waals surface area contributed by atoms with Gasteiger partial charge in [-0.3, -0.25) is 14.3 Å². The summed E-state index contributed by atoms with van der Waals surface area (Å²) in [6, 6.07) is 4.45. The molecule has 0 aliphatic carbocycles. The van der Waals surface area contributed by atoms with Crippen molar-refractivity contribution in [3.63, 3.8) is 0 Å². The van der Waals surface area contributed by atoms with Gasteiger partial charge < -0.3 is 9.72 Å². The predicted molar refractivity (Wildman–Crippen MR) is 103 cm³/mol. The third-order valence-electron chi connectivity index (χ3n) is 4.53. The topological polar surface area (TPSA) is 77.0 Å². The lowest BCUT2D eigenvalue weighted by molar-refractivity contribution is -0.144. The zero-order valence-corrected chi connectivity index (χ0v) is 16.8. The van der Waals surface area contributed by atoms with Crippen molar-refractivity contribution in [2.24, 2.45) is 7.05 Å². The number of hydrogen-bond acceptors (Lipinski definition) is 4. The number of ether oxygens (including phenoxy) is 1. The molecule has 3 aromatic rings. The van der Waals surface area contributed by atoms with Gasteiger partial charge in [-0.1, -0.05) is 15.9 Å². The number of fused-ring (bicyclic) bond motifs is 1. The maximum absolute atomic E-state index is 13.7. The summed E-state index contributed by atoms with van der Waals surface area (Å²) in [5.74, 6) is -0.924. The smallest absolute Gasteiger partial charge is 0.306 e. The first-order chi connectivity index (χ1) is 12.8. The van der Waals surface area contributed by atoms with E-state index in [9.17, 15) is 14.0 Å². The van der Waals surface area contributed by atoms with Gasteiger partial charge in [0.1, 0.15) is 18.1 Å². The molecule has 2 heterocycles. The summed E-state index contributed by atoms with van der Waals surface area (Å²) >= 11 is 3.26. The minimum absolute atomic E-state index is 0.0321. The Bertz CT molecular complexity index is 1090. The largest absolute Gasteiger partial charge is 0.461 e. The van der Waals surface area contributed by atoms with E-state index in [0.717, 1.165) is 16.6 Å². The highest BCUT2D eigenvalue weighted by Crippen LogP contribution is 2.21. The number of aryl methyl sites for hydroxylation is 3. The van der Waals surface area contributed by atoms with Gasteiger partial charge in [-0.2, -0.15) is 5.10 Å². The molecule has 3 rings (SSSR count). The van der Waals surface area contributed by atoms with E-state index in [4.69, 9.17) is 4.74 Å². The third-order valence-corrected chi connectivity index (χ3v) is 5.02. The summed E-state index contributed by atoms with van der Waals surface area (Å²) in [6.07, 6.45) is 0.273. The second-order valence-corrected chi connectivity index (χ2v) is 7.30. The lowest BCUT2D eigenvalue weighted by atomic mass is 10.0. The van der Waals surface area contributed by atoms with Gasteiger partial charge in [-0.15, -0.1) is 0 Å². The molecular weight excluding hydrogens is 417 g/mol. The number of H-pyrrole nitrogens is 1. The summed E-state index contributed by atoms with van der Waals surface area (Å²) in [4.78, 5) is 27.3. The molecule has 8 heteroatoms. The molecule has 0 saturated carbocycles. The molecule has 0 fully saturated rings. The van der Waals surface area contributed by atoms with Gasteiger partial charge in [0.15, 0.2) is 0 Å². The molecule has 1 aromatic carbocycles. The van der Waals surface area contributed by atoms with Crippen LogP contribution in [0.4, 0.5) is 4.39 Å². The highest BCUT2D eigenvalue weighted by molar-refractivity contribution is 9.10. The van der Waals surface area contributed by atoms with Gasteiger partial charge in [-0.25, -0.2) is 4.39 Å². The minimum atomic E-state index is -0.490. The predicted octanol–water partition coefficient (Wildman–Crippen LogP) is 3.46. The molecule has 0 aliphatic rings. The fourth-order valence-corrected chi connectivity index (χ4v) is 3.58. The quantitative estimate of drug-likeness (QED) is 0.622. The van der Waals surface area contributed by atoms with Crippen LogP contribution in [0.15, 0.2) is 27.5 Å². The number of carbonyl (C=O) groups excluding carboxylic acids is 1. The molecule has 1 N–H and O–H groups in total. The molecule has 0 unspecified atom stereocenters. The molecule has 0 aliphatic heterocycles. The normalized spacial score (nSPS) is 11.1. The lowest BCUT2D eigenvalue weighted by Gasteiger charge is -2.08. The highest BCUT2D eigenvalue weighted by Gasteiger charge is 2.16. The number of pyridine rings is 1. The number of rotatable bonds is 5. The molecule has 2 aromatic heterocycles. The monoisotopic (exact) mass is 435 g/mol. The number of aromatic amines is 1. The van der Waals surface area contributed by atoms with E-state index in [0.29, 0.717) is 21.2 Å². The first-order valence-corrected chi connectivity index (χ1v) is 9.22. The van der Waals surface area contributed by atoms with Crippen molar-refractivity contribution in [1.82, 2.24) is 14.8 Å². The van der Waals surface area contributed by atoms with E-state index in [1.807, 2.05) is 13.8 Å². The van der Waals surface area contributed by atoms with Crippen LogP contribution in [-0.4, -0.2) is 20.7 Å². The van der Waals surface area contributed by atoms with Crippen LogP contribution in [0.5, 0.6) is 0 Å². The summed E-state index contributed by atoms with van der Waals surface area (Å²) < 4.78 is 21.2. The van der Waals surface area contributed by atoms with Crippen molar-refractivity contribution in [2.75, 3.05) is 0 Å². The molecule has 0 bridgehead atoms. The molecule has 142 valence electrons. The number of benzene rings is 1. The molecule has 0 spiro atoms. The van der Waals surface area contributed by atoms with E-state index in [-0.39, 0.29) is 25.0 Å². The second kappa shape index (κ2) is 7.64. The maximum Gasteiger partial charge on any atom is 0.306 e. The Labute approximate surface area is 163 Å². The second-order valence-electron chi connectivity index (χ2n) is 6.39. The summed E-state index contributed by atoms with van der Waals surface area (Å²) in [5, 5.41) is 5.21. The van der Waals surface area contributed by atoms with Crippen molar-refractivity contribution in [2.45, 2.75) is 33.3 Å². The first kappa shape index (κ1) is 19.3. The van der Waals surface area contributed by atoms with E-state index >= 15 is 0 Å². The zero-order chi connectivity index (χ0) is 19.7. The average Bonchev–Trinajstić information content (AvgIpc) is 2.89. The Morgan fingerprint density at radius 2 is 2.11 bits per heavy atom. The van der Waals surface area contributed by atoms with Crippen LogP contribution in [0.1, 0.15) is 28.8 Å². The number of hydrogen-bond donors (Lipinski definition) is 1. The van der Waals surface area contributed by atoms with Gasteiger partial charge in [0.25, 0.3) is 5.56 Å². The van der Waals surface area contributed by atoms with E-state index in [1.165, 1.54) is 6.07 Å². The number of halogens is 2. The molecule has 0 atom stereocenters. The van der Waals surface area contributed by atoms with Crippen molar-refractivity contribution in [1.29, 1.82) is 0 Å². The van der Waals surface area contributed by atoms with E-state index in [2.05, 4.69) is 26.0 Å². The number of nitrogens with zero attached hydrogens (tertiary/aromatic N) is 2. The van der Waals surface area contributed by atoms with E-state index in [1.54, 1.807) is 23.9 Å². The summed E-state index contributed by atoms with van der Waals surface area (Å²) in [7, 11) is 1.77. The van der Waals surface area contributed by atoms with Gasteiger partial charge in [0.2, 0.25) is 0 Å². The van der Waals surface area contributed by atoms with Crippen molar-refractivity contribution < 1.29 is 13.9 Å². The SMILES string of the molecule is Cc1nn(C)c2[nH]c(=O)c(CCC(=O)OCc3cc(Br)ccc3F)c(C)c12. The first-order valence-electron chi connectivity index (χ1n) is 8.42. The Hall–Kier alpha value is -2.48. The van der Waals surface area contributed by atoms with Crippen molar-refractivity contribution >= 4 is 32.9 Å². The van der Waals surface area contributed by atoms with Crippen LogP contribution in [-0.2, 0) is 29.6 Å². The van der Waals surface area contributed by atoms with Gasteiger partial charge >= 0.3 is 5.97 Å². The molecule has 6 nitrogen and oxygen atoms in total. The average molecular weight is 436 g/mol. The Morgan fingerprint density at radius 3 is 2.85 bits per heavy atom. The minimum Gasteiger partial charge on any atom is -0.461 e. The van der Waals surface area contributed by atoms with Crippen molar-refractivity contribution in [3.05, 3.63) is 61.2 Å². The fourth-order valence-electron chi connectivity index (χ4n) is 3.17. The maximum atomic E-state index is 13.7. The molecular formula is C19H19BrFN3O3. The number of nitrogens with one attached hydrogen (secondary N) is 1. The third kappa shape index (κ3) is 3.95. The molecule has 27 heavy (non-hydrogen) atoms.